The summed E-state index contributed by atoms with van der Waals surface area (Å²) in [5, 5.41) is 5.90. The maximum atomic E-state index is 6.12. The van der Waals surface area contributed by atoms with Gasteiger partial charge in [-0.15, -0.1) is 0 Å². The molecule has 0 atom stereocenters. The maximum Gasteiger partial charge on any atom is 0.145 e. The summed E-state index contributed by atoms with van der Waals surface area (Å²) >= 11 is 6.12. The van der Waals surface area contributed by atoms with E-state index in [-0.39, 0.29) is 0 Å². The third-order valence-electron chi connectivity index (χ3n) is 3.44. The molecule has 0 aliphatic rings. The number of aryl methyl sites for hydroxylation is 1. The molecular formula is C18H16ClN3O. The summed E-state index contributed by atoms with van der Waals surface area (Å²) in [5.41, 5.74) is 6.49. The number of benzene rings is 2. The number of rotatable bonds is 4. The van der Waals surface area contributed by atoms with Gasteiger partial charge in [0.15, 0.2) is 0 Å². The van der Waals surface area contributed by atoms with Crippen LogP contribution in [0, 0.1) is 6.92 Å². The summed E-state index contributed by atoms with van der Waals surface area (Å²) in [7, 11) is 1.64. The van der Waals surface area contributed by atoms with Crippen molar-refractivity contribution in [2.45, 2.75) is 6.92 Å². The lowest BCUT2D eigenvalue weighted by Gasteiger charge is -2.10. The van der Waals surface area contributed by atoms with E-state index in [0.29, 0.717) is 5.02 Å². The van der Waals surface area contributed by atoms with Gasteiger partial charge < -0.3 is 4.74 Å². The van der Waals surface area contributed by atoms with E-state index in [1.165, 1.54) is 0 Å². The number of halogens is 1. The van der Waals surface area contributed by atoms with Crippen molar-refractivity contribution in [3.8, 4) is 5.75 Å². The van der Waals surface area contributed by atoms with E-state index in [0.717, 1.165) is 33.6 Å². The van der Waals surface area contributed by atoms with Gasteiger partial charge in [0, 0.05) is 21.7 Å². The molecule has 4 nitrogen and oxygen atoms in total. The van der Waals surface area contributed by atoms with Crippen molar-refractivity contribution in [1.29, 1.82) is 0 Å². The average Bonchev–Trinajstić information content (AvgIpc) is 2.56. The lowest BCUT2D eigenvalue weighted by molar-refractivity contribution is 0.419. The van der Waals surface area contributed by atoms with Gasteiger partial charge in [-0.3, -0.25) is 5.43 Å². The summed E-state index contributed by atoms with van der Waals surface area (Å²) in [6.45, 7) is 1.94. The normalized spacial score (nSPS) is 11.1. The fourth-order valence-corrected chi connectivity index (χ4v) is 2.54. The minimum absolute atomic E-state index is 0.662. The van der Waals surface area contributed by atoms with Crippen molar-refractivity contribution in [2.24, 2.45) is 5.10 Å². The number of nitrogens with one attached hydrogen (secondary N) is 1. The molecule has 1 aromatic heterocycles. The van der Waals surface area contributed by atoms with E-state index in [1.54, 1.807) is 13.3 Å². The standard InChI is InChI=1S/C18H16ClN3O/c1-12-10-16(14-7-5-9-17(23-2)18(14)21-12)22-20-11-13-6-3-4-8-15(13)19/h3-11H,1-2H3,(H,21,22). The molecule has 0 spiro atoms. The van der Waals surface area contributed by atoms with Crippen molar-refractivity contribution in [3.05, 3.63) is 64.8 Å². The van der Waals surface area contributed by atoms with Crippen LogP contribution in [0.5, 0.6) is 5.75 Å². The molecule has 1 heterocycles. The zero-order valence-electron chi connectivity index (χ0n) is 12.9. The molecule has 0 radical (unpaired) electrons. The summed E-state index contributed by atoms with van der Waals surface area (Å²) in [5.74, 6) is 0.740. The van der Waals surface area contributed by atoms with Gasteiger partial charge >= 0.3 is 0 Å². The number of para-hydroxylation sites is 1. The molecule has 5 heteroatoms. The minimum Gasteiger partial charge on any atom is -0.494 e. The van der Waals surface area contributed by atoms with Gasteiger partial charge in [-0.25, -0.2) is 4.98 Å². The molecule has 116 valence electrons. The summed E-state index contributed by atoms with van der Waals surface area (Å²) in [4.78, 5) is 4.55. The first-order valence-electron chi connectivity index (χ1n) is 7.17. The van der Waals surface area contributed by atoms with Crippen molar-refractivity contribution in [3.63, 3.8) is 0 Å². The van der Waals surface area contributed by atoms with Crippen LogP contribution in [-0.2, 0) is 0 Å². The van der Waals surface area contributed by atoms with Crippen LogP contribution < -0.4 is 10.2 Å². The van der Waals surface area contributed by atoms with Crippen LogP contribution in [0.25, 0.3) is 10.9 Å². The zero-order chi connectivity index (χ0) is 16.2. The van der Waals surface area contributed by atoms with E-state index < -0.39 is 0 Å². The highest BCUT2D eigenvalue weighted by Crippen LogP contribution is 2.29. The van der Waals surface area contributed by atoms with Crippen LogP contribution in [0.2, 0.25) is 5.02 Å². The number of nitrogens with zero attached hydrogens (tertiary/aromatic N) is 2. The Morgan fingerprint density at radius 2 is 2.00 bits per heavy atom. The van der Waals surface area contributed by atoms with E-state index in [9.17, 15) is 0 Å². The fourth-order valence-electron chi connectivity index (χ4n) is 2.36. The number of ether oxygens (including phenoxy) is 1. The fraction of sp³-hybridized carbons (Fsp3) is 0.111. The Bertz CT molecular complexity index is 877. The maximum absolute atomic E-state index is 6.12. The summed E-state index contributed by atoms with van der Waals surface area (Å²) < 4.78 is 5.38. The Balaban J connectivity index is 1.96. The molecule has 0 saturated carbocycles. The molecule has 1 N–H and O–H groups in total. The van der Waals surface area contributed by atoms with E-state index in [2.05, 4.69) is 15.5 Å². The zero-order valence-corrected chi connectivity index (χ0v) is 13.6. The van der Waals surface area contributed by atoms with Crippen molar-refractivity contribution in [2.75, 3.05) is 12.5 Å². The number of pyridine rings is 1. The predicted molar refractivity (Wildman–Crippen MR) is 95.7 cm³/mol. The molecule has 0 amide bonds. The van der Waals surface area contributed by atoms with Crippen molar-refractivity contribution >= 4 is 34.4 Å². The number of hydrogen-bond acceptors (Lipinski definition) is 4. The Kier molecular flexibility index (Phi) is 4.44. The van der Waals surface area contributed by atoms with Crippen LogP contribution in [0.4, 0.5) is 5.69 Å². The Morgan fingerprint density at radius 3 is 2.78 bits per heavy atom. The molecule has 23 heavy (non-hydrogen) atoms. The van der Waals surface area contributed by atoms with Gasteiger partial charge in [0.1, 0.15) is 11.3 Å². The van der Waals surface area contributed by atoms with E-state index >= 15 is 0 Å². The third kappa shape index (κ3) is 3.27. The highest BCUT2D eigenvalue weighted by atomic mass is 35.5. The van der Waals surface area contributed by atoms with Gasteiger partial charge in [0.2, 0.25) is 0 Å². The summed E-state index contributed by atoms with van der Waals surface area (Å²) in [6, 6.07) is 15.3. The number of hydrogen-bond donors (Lipinski definition) is 1. The Labute approximate surface area is 139 Å². The molecule has 0 bridgehead atoms. The van der Waals surface area contributed by atoms with Gasteiger partial charge in [-0.05, 0) is 25.1 Å². The van der Waals surface area contributed by atoms with Crippen LogP contribution in [0.1, 0.15) is 11.3 Å². The van der Waals surface area contributed by atoms with Gasteiger partial charge in [-0.1, -0.05) is 41.9 Å². The minimum atomic E-state index is 0.662. The first-order valence-corrected chi connectivity index (χ1v) is 7.55. The number of methoxy groups -OCH3 is 1. The largest absolute Gasteiger partial charge is 0.494 e. The third-order valence-corrected chi connectivity index (χ3v) is 3.79. The van der Waals surface area contributed by atoms with Crippen LogP contribution >= 0.6 is 11.6 Å². The molecule has 0 unspecified atom stereocenters. The van der Waals surface area contributed by atoms with Crippen molar-refractivity contribution < 1.29 is 4.74 Å². The van der Waals surface area contributed by atoms with E-state index in [1.807, 2.05) is 55.5 Å². The first kappa shape index (κ1) is 15.3. The molecule has 3 aromatic rings. The second-order valence-electron chi connectivity index (χ2n) is 5.06. The van der Waals surface area contributed by atoms with Crippen LogP contribution in [-0.4, -0.2) is 18.3 Å². The van der Waals surface area contributed by atoms with Crippen molar-refractivity contribution in [1.82, 2.24) is 4.98 Å². The lowest BCUT2D eigenvalue weighted by atomic mass is 10.1. The highest BCUT2D eigenvalue weighted by Gasteiger charge is 2.07. The molecule has 0 fully saturated rings. The highest BCUT2D eigenvalue weighted by molar-refractivity contribution is 6.33. The SMILES string of the molecule is COc1cccc2c(NN=Cc3ccccc3Cl)cc(C)nc12. The molecule has 0 aliphatic heterocycles. The topological polar surface area (TPSA) is 46.5 Å². The quantitative estimate of drug-likeness (QED) is 0.561. The molecule has 0 aliphatic carbocycles. The van der Waals surface area contributed by atoms with Crippen LogP contribution in [0.15, 0.2) is 53.6 Å². The number of hydrazone groups is 1. The Hall–Kier alpha value is -2.59. The summed E-state index contributed by atoms with van der Waals surface area (Å²) in [6.07, 6.45) is 1.70. The number of anilines is 1. The second kappa shape index (κ2) is 6.67. The Morgan fingerprint density at radius 1 is 1.17 bits per heavy atom. The van der Waals surface area contributed by atoms with Gasteiger partial charge in [0.05, 0.1) is 19.0 Å². The second-order valence-corrected chi connectivity index (χ2v) is 5.47. The first-order chi connectivity index (χ1) is 11.2. The lowest BCUT2D eigenvalue weighted by Crippen LogP contribution is -1.96. The molecule has 2 aromatic carbocycles. The van der Waals surface area contributed by atoms with Gasteiger partial charge in [-0.2, -0.15) is 5.10 Å². The molecular weight excluding hydrogens is 310 g/mol. The van der Waals surface area contributed by atoms with E-state index in [4.69, 9.17) is 16.3 Å². The number of fused-ring (bicyclic) bond motifs is 1. The molecule has 3 rings (SSSR count). The smallest absolute Gasteiger partial charge is 0.145 e. The molecule has 0 saturated heterocycles. The monoisotopic (exact) mass is 325 g/mol. The predicted octanol–water partition coefficient (Wildman–Crippen LogP) is 4.65. The van der Waals surface area contributed by atoms with Gasteiger partial charge in [0.25, 0.3) is 0 Å². The van der Waals surface area contributed by atoms with Crippen LogP contribution in [0.3, 0.4) is 0 Å². The average molecular weight is 326 g/mol. The number of aromatic nitrogens is 1.